The van der Waals surface area contributed by atoms with Crippen molar-refractivity contribution in [3.05, 3.63) is 59.5 Å². The second-order valence-electron chi connectivity index (χ2n) is 6.37. The van der Waals surface area contributed by atoms with E-state index in [0.29, 0.717) is 30.2 Å². The predicted octanol–water partition coefficient (Wildman–Crippen LogP) is 2.49. The SMILES string of the molecule is COc1ccc(C(=O)N/C(=C/c2cccnc2)C(=O)N2CCCC2)cc1OC. The van der Waals surface area contributed by atoms with E-state index in [1.165, 1.54) is 14.2 Å². The van der Waals surface area contributed by atoms with Gasteiger partial charge in [-0.05, 0) is 48.7 Å². The Bertz CT molecular complexity index is 874. The Morgan fingerprint density at radius 3 is 2.50 bits per heavy atom. The van der Waals surface area contributed by atoms with Gasteiger partial charge in [-0.1, -0.05) is 6.07 Å². The molecule has 1 aliphatic heterocycles. The first-order chi connectivity index (χ1) is 13.6. The van der Waals surface area contributed by atoms with Gasteiger partial charge in [0.2, 0.25) is 0 Å². The zero-order valence-corrected chi connectivity index (χ0v) is 16.0. The first-order valence-corrected chi connectivity index (χ1v) is 9.06. The smallest absolute Gasteiger partial charge is 0.270 e. The van der Waals surface area contributed by atoms with E-state index in [-0.39, 0.29) is 11.6 Å². The van der Waals surface area contributed by atoms with E-state index >= 15 is 0 Å². The van der Waals surface area contributed by atoms with Crippen LogP contribution in [-0.4, -0.2) is 49.0 Å². The fourth-order valence-corrected chi connectivity index (χ4v) is 3.04. The number of pyridine rings is 1. The lowest BCUT2D eigenvalue weighted by atomic mass is 10.1. The minimum absolute atomic E-state index is 0.199. The van der Waals surface area contributed by atoms with Gasteiger partial charge in [-0.25, -0.2) is 0 Å². The summed E-state index contributed by atoms with van der Waals surface area (Å²) in [5, 5.41) is 2.75. The van der Waals surface area contributed by atoms with Crippen molar-refractivity contribution in [3.63, 3.8) is 0 Å². The molecule has 1 aromatic carbocycles. The number of likely N-dealkylation sites (tertiary alicyclic amines) is 1. The van der Waals surface area contributed by atoms with Crippen LogP contribution in [0.25, 0.3) is 6.08 Å². The van der Waals surface area contributed by atoms with Crippen LogP contribution in [0.4, 0.5) is 0 Å². The topological polar surface area (TPSA) is 80.8 Å². The Morgan fingerprint density at radius 2 is 1.86 bits per heavy atom. The Balaban J connectivity index is 1.87. The zero-order valence-electron chi connectivity index (χ0n) is 16.0. The molecule has 146 valence electrons. The highest BCUT2D eigenvalue weighted by molar-refractivity contribution is 6.05. The van der Waals surface area contributed by atoms with Gasteiger partial charge in [0.1, 0.15) is 5.70 Å². The minimum Gasteiger partial charge on any atom is -0.493 e. The van der Waals surface area contributed by atoms with Crippen LogP contribution in [0.1, 0.15) is 28.8 Å². The van der Waals surface area contributed by atoms with Gasteiger partial charge in [0.05, 0.1) is 14.2 Å². The molecule has 2 aromatic rings. The summed E-state index contributed by atoms with van der Waals surface area (Å²) in [6.07, 6.45) is 6.87. The average molecular weight is 381 g/mol. The molecule has 1 aliphatic rings. The molecule has 2 amide bonds. The number of methoxy groups -OCH3 is 2. The Kier molecular flexibility index (Phi) is 6.26. The first kappa shape index (κ1) is 19.4. The number of carbonyl (C=O) groups is 2. The molecule has 7 heteroatoms. The summed E-state index contributed by atoms with van der Waals surface area (Å²) < 4.78 is 10.5. The maximum Gasteiger partial charge on any atom is 0.270 e. The molecule has 0 saturated carbocycles. The third-order valence-corrected chi connectivity index (χ3v) is 4.51. The molecule has 28 heavy (non-hydrogen) atoms. The van der Waals surface area contributed by atoms with Crippen molar-refractivity contribution < 1.29 is 19.1 Å². The van der Waals surface area contributed by atoms with Gasteiger partial charge in [-0.2, -0.15) is 0 Å². The van der Waals surface area contributed by atoms with Crippen molar-refractivity contribution in [1.82, 2.24) is 15.2 Å². The van der Waals surface area contributed by atoms with Crippen molar-refractivity contribution >= 4 is 17.9 Å². The van der Waals surface area contributed by atoms with E-state index in [9.17, 15) is 9.59 Å². The summed E-state index contributed by atoms with van der Waals surface area (Å²) >= 11 is 0. The number of benzene rings is 1. The van der Waals surface area contributed by atoms with Crippen LogP contribution < -0.4 is 14.8 Å². The molecular weight excluding hydrogens is 358 g/mol. The molecule has 0 atom stereocenters. The highest BCUT2D eigenvalue weighted by Crippen LogP contribution is 2.27. The normalized spacial score (nSPS) is 13.9. The van der Waals surface area contributed by atoms with Crippen molar-refractivity contribution in [3.8, 4) is 11.5 Å². The maximum atomic E-state index is 12.9. The number of nitrogens with zero attached hydrogens (tertiary/aromatic N) is 2. The summed E-state index contributed by atoms with van der Waals surface area (Å²) in [5.74, 6) is 0.371. The van der Waals surface area contributed by atoms with Gasteiger partial charge < -0.3 is 19.7 Å². The number of amides is 2. The number of carbonyl (C=O) groups excluding carboxylic acids is 2. The second kappa shape index (κ2) is 9.03. The molecule has 0 unspecified atom stereocenters. The van der Waals surface area contributed by atoms with Gasteiger partial charge in [0.25, 0.3) is 11.8 Å². The fraction of sp³-hybridized carbons (Fsp3) is 0.286. The van der Waals surface area contributed by atoms with Crippen LogP contribution in [0.3, 0.4) is 0 Å². The van der Waals surface area contributed by atoms with Crippen molar-refractivity contribution in [2.45, 2.75) is 12.8 Å². The molecule has 0 radical (unpaired) electrons. The van der Waals surface area contributed by atoms with E-state index in [0.717, 1.165) is 18.4 Å². The first-order valence-electron chi connectivity index (χ1n) is 9.06. The molecule has 7 nitrogen and oxygen atoms in total. The van der Waals surface area contributed by atoms with Crippen LogP contribution in [-0.2, 0) is 4.79 Å². The van der Waals surface area contributed by atoms with Crippen LogP contribution in [0.5, 0.6) is 11.5 Å². The molecule has 1 N–H and O–H groups in total. The molecule has 1 saturated heterocycles. The third kappa shape index (κ3) is 4.49. The summed E-state index contributed by atoms with van der Waals surface area (Å²) in [6.45, 7) is 1.38. The lowest BCUT2D eigenvalue weighted by molar-refractivity contribution is -0.126. The van der Waals surface area contributed by atoms with E-state index in [1.54, 1.807) is 47.6 Å². The van der Waals surface area contributed by atoms with Crippen LogP contribution >= 0.6 is 0 Å². The van der Waals surface area contributed by atoms with Crippen LogP contribution in [0.15, 0.2) is 48.4 Å². The standard InChI is InChI=1S/C21H23N3O4/c1-27-18-8-7-16(13-19(18)28-2)20(25)23-17(12-15-6-5-9-22-14-15)21(26)24-10-3-4-11-24/h5-9,12-14H,3-4,10-11H2,1-2H3,(H,23,25)/b17-12+. The van der Waals surface area contributed by atoms with Gasteiger partial charge in [0, 0.05) is 31.0 Å². The van der Waals surface area contributed by atoms with Crippen LogP contribution in [0, 0.1) is 0 Å². The average Bonchev–Trinajstić information content (AvgIpc) is 3.27. The molecule has 0 bridgehead atoms. The summed E-state index contributed by atoms with van der Waals surface area (Å²) in [4.78, 5) is 31.5. The summed E-state index contributed by atoms with van der Waals surface area (Å²) in [5.41, 5.74) is 1.32. The van der Waals surface area contributed by atoms with E-state index in [2.05, 4.69) is 10.3 Å². The van der Waals surface area contributed by atoms with E-state index < -0.39 is 5.91 Å². The number of rotatable bonds is 6. The number of aromatic nitrogens is 1. The highest BCUT2D eigenvalue weighted by Gasteiger charge is 2.23. The number of hydrogen-bond acceptors (Lipinski definition) is 5. The molecule has 0 spiro atoms. The van der Waals surface area contributed by atoms with Gasteiger partial charge in [-0.15, -0.1) is 0 Å². The Labute approximate surface area is 164 Å². The second-order valence-corrected chi connectivity index (χ2v) is 6.37. The number of nitrogens with one attached hydrogen (secondary N) is 1. The largest absolute Gasteiger partial charge is 0.493 e. The van der Waals surface area contributed by atoms with Gasteiger partial charge >= 0.3 is 0 Å². The van der Waals surface area contributed by atoms with E-state index in [1.807, 2.05) is 6.07 Å². The lowest BCUT2D eigenvalue weighted by Crippen LogP contribution is -2.36. The van der Waals surface area contributed by atoms with Crippen molar-refractivity contribution in [2.75, 3.05) is 27.3 Å². The van der Waals surface area contributed by atoms with Crippen molar-refractivity contribution in [2.24, 2.45) is 0 Å². The summed E-state index contributed by atoms with van der Waals surface area (Å²) in [6, 6.07) is 8.46. The van der Waals surface area contributed by atoms with Crippen molar-refractivity contribution in [1.29, 1.82) is 0 Å². The highest BCUT2D eigenvalue weighted by atomic mass is 16.5. The molecule has 3 rings (SSSR count). The maximum absolute atomic E-state index is 12.9. The third-order valence-electron chi connectivity index (χ3n) is 4.51. The molecular formula is C21H23N3O4. The molecule has 2 heterocycles. The monoisotopic (exact) mass is 381 g/mol. The Hall–Kier alpha value is -3.35. The predicted molar refractivity (Wildman–Crippen MR) is 105 cm³/mol. The van der Waals surface area contributed by atoms with Gasteiger partial charge in [-0.3, -0.25) is 14.6 Å². The number of hydrogen-bond donors (Lipinski definition) is 1. The van der Waals surface area contributed by atoms with Crippen LogP contribution in [0.2, 0.25) is 0 Å². The fourth-order valence-electron chi connectivity index (χ4n) is 3.04. The molecule has 0 aliphatic carbocycles. The van der Waals surface area contributed by atoms with E-state index in [4.69, 9.17) is 9.47 Å². The lowest BCUT2D eigenvalue weighted by Gasteiger charge is -2.18. The minimum atomic E-state index is -0.399. The van der Waals surface area contributed by atoms with Gasteiger partial charge in [0.15, 0.2) is 11.5 Å². The quantitative estimate of drug-likeness (QED) is 0.778. The zero-order chi connectivity index (χ0) is 19.9. The molecule has 1 aromatic heterocycles. The molecule has 1 fully saturated rings. The summed E-state index contributed by atoms with van der Waals surface area (Å²) in [7, 11) is 3.03. The Morgan fingerprint density at radius 1 is 1.11 bits per heavy atom. The number of ether oxygens (including phenoxy) is 2.